The number of methoxy groups -OCH3 is 1. The number of halogens is 7. The van der Waals surface area contributed by atoms with Crippen LogP contribution in [0.25, 0.3) is 5.69 Å². The fraction of sp³-hybridized carbons (Fsp3) is 0.519. The van der Waals surface area contributed by atoms with Crippen LogP contribution in [0.5, 0.6) is 5.75 Å². The highest BCUT2D eigenvalue weighted by molar-refractivity contribution is 6.30. The molecule has 15 heteroatoms. The van der Waals surface area contributed by atoms with Crippen molar-refractivity contribution in [2.75, 3.05) is 25.1 Å². The SMILES string of the molecule is COc1ccc(C(F)(F)F)nc1N1CCC(c2nnc3n2-c2ccc(Cl)cc2CN(C2CC(O)(C(F)(F)F)C2)C3)CC1. The van der Waals surface area contributed by atoms with Crippen molar-refractivity contribution in [3.63, 3.8) is 0 Å². The Morgan fingerprint density at radius 2 is 1.71 bits per heavy atom. The smallest absolute Gasteiger partial charge is 0.433 e. The third-order valence-corrected chi connectivity index (χ3v) is 8.69. The summed E-state index contributed by atoms with van der Waals surface area (Å²) in [5.74, 6) is 1.50. The van der Waals surface area contributed by atoms with Crippen LogP contribution in [0.3, 0.4) is 0 Å². The van der Waals surface area contributed by atoms with Gasteiger partial charge in [-0.1, -0.05) is 11.6 Å². The van der Waals surface area contributed by atoms with Crippen molar-refractivity contribution in [3.8, 4) is 11.4 Å². The van der Waals surface area contributed by atoms with Crippen LogP contribution in [0.4, 0.5) is 32.2 Å². The predicted molar refractivity (Wildman–Crippen MR) is 140 cm³/mol. The molecular weight excluding hydrogens is 590 g/mol. The predicted octanol–water partition coefficient (Wildman–Crippen LogP) is 5.50. The topological polar surface area (TPSA) is 79.5 Å². The van der Waals surface area contributed by atoms with Gasteiger partial charge in [-0.15, -0.1) is 10.2 Å². The van der Waals surface area contributed by atoms with Gasteiger partial charge in [-0.2, -0.15) is 26.3 Å². The van der Waals surface area contributed by atoms with Crippen LogP contribution in [-0.2, 0) is 19.3 Å². The Bertz CT molecular complexity index is 1480. The minimum atomic E-state index is -4.70. The molecule has 1 saturated carbocycles. The van der Waals surface area contributed by atoms with E-state index in [0.29, 0.717) is 49.1 Å². The maximum Gasteiger partial charge on any atom is 0.433 e. The Balaban J connectivity index is 1.26. The Morgan fingerprint density at radius 3 is 2.36 bits per heavy atom. The summed E-state index contributed by atoms with van der Waals surface area (Å²) >= 11 is 6.30. The van der Waals surface area contributed by atoms with Gasteiger partial charge in [0.2, 0.25) is 0 Å². The number of alkyl halides is 6. The summed E-state index contributed by atoms with van der Waals surface area (Å²) in [7, 11) is 1.38. The molecule has 1 aromatic carbocycles. The van der Waals surface area contributed by atoms with Gasteiger partial charge in [-0.05, 0) is 48.7 Å². The van der Waals surface area contributed by atoms with Crippen LogP contribution in [0.1, 0.15) is 54.5 Å². The fourth-order valence-electron chi connectivity index (χ4n) is 6.11. The quantitative estimate of drug-likeness (QED) is 0.388. The number of piperidine rings is 1. The van der Waals surface area contributed by atoms with E-state index < -0.39 is 42.5 Å². The molecular formula is C27H27ClF6N6O2. The van der Waals surface area contributed by atoms with Crippen LogP contribution in [0.2, 0.25) is 5.02 Å². The summed E-state index contributed by atoms with van der Waals surface area (Å²) < 4.78 is 87.2. The summed E-state index contributed by atoms with van der Waals surface area (Å²) in [4.78, 5) is 7.47. The average Bonchev–Trinajstić information content (AvgIpc) is 3.25. The van der Waals surface area contributed by atoms with Gasteiger partial charge in [-0.25, -0.2) is 4.98 Å². The van der Waals surface area contributed by atoms with Gasteiger partial charge in [0, 0.05) is 49.5 Å². The van der Waals surface area contributed by atoms with Crippen molar-refractivity contribution in [2.45, 2.75) is 68.7 Å². The van der Waals surface area contributed by atoms with Crippen molar-refractivity contribution in [3.05, 3.63) is 58.3 Å². The maximum absolute atomic E-state index is 13.3. The normalized spacial score (nSPS) is 23.6. The lowest BCUT2D eigenvalue weighted by molar-refractivity contribution is -0.300. The van der Waals surface area contributed by atoms with Crippen molar-refractivity contribution in [1.29, 1.82) is 0 Å². The van der Waals surface area contributed by atoms with Crippen molar-refractivity contribution >= 4 is 17.4 Å². The van der Waals surface area contributed by atoms with Gasteiger partial charge < -0.3 is 14.7 Å². The van der Waals surface area contributed by atoms with Crippen molar-refractivity contribution in [2.24, 2.45) is 0 Å². The minimum Gasteiger partial charge on any atom is -0.493 e. The largest absolute Gasteiger partial charge is 0.493 e. The number of pyridine rings is 1. The lowest BCUT2D eigenvalue weighted by atomic mass is 9.74. The first-order valence-electron chi connectivity index (χ1n) is 13.4. The van der Waals surface area contributed by atoms with Gasteiger partial charge in [0.25, 0.3) is 0 Å². The van der Waals surface area contributed by atoms with Crippen LogP contribution >= 0.6 is 11.6 Å². The van der Waals surface area contributed by atoms with E-state index in [1.807, 2.05) is 15.5 Å². The molecule has 1 aliphatic carbocycles. The number of ether oxygens (including phenoxy) is 1. The summed E-state index contributed by atoms with van der Waals surface area (Å²) in [6, 6.07) is 6.97. The summed E-state index contributed by atoms with van der Waals surface area (Å²) in [6.07, 6.45) is -9.06. The summed E-state index contributed by atoms with van der Waals surface area (Å²) in [5, 5.41) is 19.4. The molecule has 0 unspecified atom stereocenters. The number of fused-ring (bicyclic) bond motifs is 3. The van der Waals surface area contributed by atoms with Gasteiger partial charge in [0.05, 0.1) is 19.3 Å². The molecule has 4 heterocycles. The molecule has 3 aromatic rings. The number of hydrogen-bond acceptors (Lipinski definition) is 7. The zero-order valence-electron chi connectivity index (χ0n) is 22.4. The van der Waals surface area contributed by atoms with Gasteiger partial charge in [-0.3, -0.25) is 9.47 Å². The Hall–Kier alpha value is -3.10. The fourth-order valence-corrected chi connectivity index (χ4v) is 6.31. The number of hydrogen-bond donors (Lipinski definition) is 1. The Morgan fingerprint density at radius 1 is 1.00 bits per heavy atom. The highest BCUT2D eigenvalue weighted by Crippen LogP contribution is 2.48. The number of benzene rings is 1. The molecule has 3 aliphatic rings. The molecule has 1 saturated heterocycles. The molecule has 0 amide bonds. The van der Waals surface area contributed by atoms with Crippen LogP contribution in [0.15, 0.2) is 30.3 Å². The molecule has 2 aromatic heterocycles. The number of nitrogens with zero attached hydrogens (tertiary/aromatic N) is 6. The molecule has 0 atom stereocenters. The lowest BCUT2D eigenvalue weighted by Crippen LogP contribution is -2.61. The molecule has 6 rings (SSSR count). The van der Waals surface area contributed by atoms with Crippen molar-refractivity contribution in [1.82, 2.24) is 24.6 Å². The molecule has 8 nitrogen and oxygen atoms in total. The molecule has 0 radical (unpaired) electrons. The Kier molecular flexibility index (Phi) is 7.09. The van der Waals surface area contributed by atoms with E-state index in [0.717, 1.165) is 17.3 Å². The number of aromatic nitrogens is 4. The van der Waals surface area contributed by atoms with E-state index in [2.05, 4.69) is 15.2 Å². The standard InChI is InChI=1S/C27H27ClF6N6O2/c1-42-20-4-5-21(26(29,30)31)35-24(20)38-8-6-15(7-9-38)23-37-36-22-14-39(18-11-25(41,12-18)27(32,33)34)13-16-10-17(28)2-3-19(16)40(22)23/h2-5,10,15,18,41H,6-9,11-14H2,1H3. The average molecular weight is 617 g/mol. The monoisotopic (exact) mass is 616 g/mol. The third-order valence-electron chi connectivity index (χ3n) is 8.46. The first-order chi connectivity index (χ1) is 19.8. The maximum atomic E-state index is 13.3. The lowest BCUT2D eigenvalue weighted by Gasteiger charge is -2.48. The molecule has 0 bridgehead atoms. The summed E-state index contributed by atoms with van der Waals surface area (Å²) in [5.41, 5.74) is -2.14. The van der Waals surface area contributed by atoms with E-state index >= 15 is 0 Å². The second kappa shape index (κ2) is 10.3. The van der Waals surface area contributed by atoms with Crippen LogP contribution < -0.4 is 9.64 Å². The molecule has 0 spiro atoms. The Labute approximate surface area is 241 Å². The van der Waals surface area contributed by atoms with Crippen LogP contribution in [-0.4, -0.2) is 67.8 Å². The molecule has 1 N–H and O–H groups in total. The van der Waals surface area contributed by atoms with Crippen molar-refractivity contribution < 1.29 is 36.2 Å². The van der Waals surface area contributed by atoms with E-state index in [4.69, 9.17) is 16.3 Å². The van der Waals surface area contributed by atoms with E-state index in [9.17, 15) is 31.4 Å². The van der Waals surface area contributed by atoms with Gasteiger partial charge in [0.1, 0.15) is 11.5 Å². The second-order valence-electron chi connectivity index (χ2n) is 11.1. The highest BCUT2D eigenvalue weighted by atomic mass is 35.5. The first kappa shape index (κ1) is 29.0. The van der Waals surface area contributed by atoms with Crippen LogP contribution in [0, 0.1) is 0 Å². The molecule has 2 fully saturated rings. The molecule has 42 heavy (non-hydrogen) atoms. The number of rotatable bonds is 4. The minimum absolute atomic E-state index is 0.0894. The number of anilines is 1. The zero-order chi connectivity index (χ0) is 30.0. The molecule has 2 aliphatic heterocycles. The zero-order valence-corrected chi connectivity index (χ0v) is 23.1. The molecule has 226 valence electrons. The van der Waals surface area contributed by atoms with E-state index in [1.165, 1.54) is 13.2 Å². The van der Waals surface area contributed by atoms with Gasteiger partial charge >= 0.3 is 12.4 Å². The summed E-state index contributed by atoms with van der Waals surface area (Å²) in [6.45, 7) is 1.34. The third kappa shape index (κ3) is 5.06. The number of aliphatic hydroxyl groups is 1. The second-order valence-corrected chi connectivity index (χ2v) is 11.5. The first-order valence-corrected chi connectivity index (χ1v) is 13.8. The van der Waals surface area contributed by atoms with Gasteiger partial charge in [0.15, 0.2) is 23.0 Å². The van der Waals surface area contributed by atoms with E-state index in [1.54, 1.807) is 17.0 Å². The van der Waals surface area contributed by atoms with E-state index in [-0.39, 0.29) is 24.0 Å². The highest BCUT2D eigenvalue weighted by Gasteiger charge is 2.62.